The average molecular weight is 564 g/mol. The van der Waals surface area contributed by atoms with Crippen molar-refractivity contribution in [2.24, 2.45) is 5.92 Å². The molecule has 1 radical (unpaired) electrons. The van der Waals surface area contributed by atoms with E-state index in [9.17, 15) is 22.4 Å². The Balaban J connectivity index is 1.72. The highest BCUT2D eigenvalue weighted by molar-refractivity contribution is 5.98. The maximum Gasteiger partial charge on any atom is 0.404 e. The lowest BCUT2D eigenvalue weighted by atomic mass is 9.74. The number of halogens is 4. The normalized spacial score (nSPS) is 24.5. The van der Waals surface area contributed by atoms with Gasteiger partial charge in [-0.05, 0) is 83.1 Å². The van der Waals surface area contributed by atoms with Crippen LogP contribution in [0.4, 0.5) is 17.6 Å². The third kappa shape index (κ3) is 6.83. The van der Waals surface area contributed by atoms with Gasteiger partial charge in [0.2, 0.25) is 5.88 Å². The number of aromatic nitrogens is 1. The summed E-state index contributed by atoms with van der Waals surface area (Å²) in [5.41, 5.74) is 1.42. The van der Waals surface area contributed by atoms with Gasteiger partial charge < -0.3 is 9.64 Å². The number of rotatable bonds is 10. The maximum atomic E-state index is 14.7. The first-order valence-electron chi connectivity index (χ1n) is 13.9. The molecule has 0 N–H and O–H groups in total. The number of nitrogens with zero attached hydrogens (tertiary/aromatic N) is 4. The molecule has 2 aromatic rings. The molecule has 1 unspecified atom stereocenters. The number of Topliss-reactive ketones (excluding diaryl/α,β-unsaturated/α-hetero) is 1. The van der Waals surface area contributed by atoms with Crippen LogP contribution >= 0.6 is 0 Å². The van der Waals surface area contributed by atoms with Crippen LogP contribution in [0.2, 0.25) is 0 Å². The standard InChI is InChI=1S/C30H39F4N4O2/c1-20-22(9-7-10-25(20)31)23-17-28(38-16-8-11-26(38)30(32,33)34)37(15-6-5-14-36(2)3)19-24(23)29(39)21-12-13-27(40-4)35-18-21/h7,9-10,12-13,17-18,23-24,26,28H,5-6,8,11,14-16,19H2,1-4H3/t23-,24-,26-,28?/m0/s1. The molecule has 0 spiro atoms. The Kier molecular flexibility index (Phi) is 9.85. The Morgan fingerprint density at radius 1 is 1.18 bits per heavy atom. The molecule has 40 heavy (non-hydrogen) atoms. The number of methoxy groups -OCH3 is 1. The van der Waals surface area contributed by atoms with Gasteiger partial charge in [-0.15, -0.1) is 0 Å². The van der Waals surface area contributed by atoms with Crippen LogP contribution < -0.4 is 4.74 Å². The summed E-state index contributed by atoms with van der Waals surface area (Å²) >= 11 is 0. The summed E-state index contributed by atoms with van der Waals surface area (Å²) in [6, 6.07) is 6.45. The third-order valence-electron chi connectivity index (χ3n) is 8.17. The predicted octanol–water partition coefficient (Wildman–Crippen LogP) is 5.33. The summed E-state index contributed by atoms with van der Waals surface area (Å²) in [5, 5.41) is 0. The van der Waals surface area contributed by atoms with Gasteiger partial charge in [-0.3, -0.25) is 14.6 Å². The quantitative estimate of drug-likeness (QED) is 0.221. The Labute approximate surface area is 234 Å². The second kappa shape index (κ2) is 13.0. The zero-order valence-corrected chi connectivity index (χ0v) is 23.6. The number of carbonyl (C=O) groups is 1. The SMILES string of the molecule is COc1ccc(C(=O)[C@H]2CN(CCCCN(C)C)C(N3CCC[C@H]3C(F)(F)F)[CH][C@H]2c2cccc(F)c2C)cn1. The number of unbranched alkanes of at least 4 members (excludes halogenated alkanes) is 1. The zero-order valence-electron chi connectivity index (χ0n) is 23.6. The molecule has 4 atom stereocenters. The van der Waals surface area contributed by atoms with Crippen molar-refractivity contribution in [2.75, 3.05) is 47.4 Å². The number of hydrogen-bond donors (Lipinski definition) is 0. The highest BCUT2D eigenvalue weighted by atomic mass is 19.4. The number of ketones is 1. The van der Waals surface area contributed by atoms with Gasteiger partial charge in [-0.2, -0.15) is 13.2 Å². The molecule has 219 valence electrons. The molecular weight excluding hydrogens is 524 g/mol. The van der Waals surface area contributed by atoms with Crippen LogP contribution in [0.25, 0.3) is 0 Å². The maximum absolute atomic E-state index is 14.7. The first-order chi connectivity index (χ1) is 19.0. The van der Waals surface area contributed by atoms with E-state index >= 15 is 0 Å². The van der Waals surface area contributed by atoms with Crippen LogP contribution in [-0.4, -0.2) is 91.2 Å². The minimum atomic E-state index is -4.35. The van der Waals surface area contributed by atoms with Gasteiger partial charge in [0.1, 0.15) is 11.9 Å². The molecule has 4 rings (SSSR count). The predicted molar refractivity (Wildman–Crippen MR) is 146 cm³/mol. The Bertz CT molecular complexity index is 1140. The van der Waals surface area contributed by atoms with Crippen molar-refractivity contribution in [3.8, 4) is 5.88 Å². The van der Waals surface area contributed by atoms with Crippen molar-refractivity contribution < 1.29 is 27.1 Å². The molecule has 0 bridgehead atoms. The second-order valence-electron chi connectivity index (χ2n) is 11.1. The van der Waals surface area contributed by atoms with Crippen LogP contribution in [0.3, 0.4) is 0 Å². The van der Waals surface area contributed by atoms with E-state index in [2.05, 4.69) is 9.88 Å². The van der Waals surface area contributed by atoms with Crippen LogP contribution in [0.1, 0.15) is 53.1 Å². The van der Waals surface area contributed by atoms with Crippen LogP contribution in [0.5, 0.6) is 5.88 Å². The van der Waals surface area contributed by atoms with Crippen molar-refractivity contribution in [3.63, 3.8) is 0 Å². The van der Waals surface area contributed by atoms with E-state index in [1.807, 2.05) is 25.4 Å². The molecule has 2 saturated heterocycles. The van der Waals surface area contributed by atoms with Gasteiger partial charge in [0.05, 0.1) is 13.3 Å². The molecule has 10 heteroatoms. The molecule has 0 amide bonds. The van der Waals surface area contributed by atoms with E-state index in [1.54, 1.807) is 31.2 Å². The summed E-state index contributed by atoms with van der Waals surface area (Å²) < 4.78 is 62.2. The number of hydrogen-bond acceptors (Lipinski definition) is 6. The van der Waals surface area contributed by atoms with E-state index in [0.717, 1.165) is 19.4 Å². The molecule has 2 aliphatic heterocycles. The number of pyridine rings is 1. The van der Waals surface area contributed by atoms with Crippen molar-refractivity contribution in [1.29, 1.82) is 0 Å². The molecule has 0 aliphatic carbocycles. The molecule has 2 aliphatic rings. The fourth-order valence-corrected chi connectivity index (χ4v) is 6.07. The number of piperidine rings is 1. The molecule has 2 fully saturated rings. The zero-order chi connectivity index (χ0) is 29.0. The van der Waals surface area contributed by atoms with E-state index in [4.69, 9.17) is 4.74 Å². The summed E-state index contributed by atoms with van der Waals surface area (Å²) in [6.45, 7) is 3.65. The van der Waals surface area contributed by atoms with Crippen molar-refractivity contribution >= 4 is 5.78 Å². The number of ether oxygens (including phenoxy) is 1. The van der Waals surface area contributed by atoms with E-state index in [-0.39, 0.29) is 18.7 Å². The third-order valence-corrected chi connectivity index (χ3v) is 8.17. The lowest BCUT2D eigenvalue weighted by molar-refractivity contribution is -0.188. The fraction of sp³-hybridized carbons (Fsp3) is 0.567. The van der Waals surface area contributed by atoms with Crippen LogP contribution in [0, 0.1) is 25.1 Å². The first-order valence-corrected chi connectivity index (χ1v) is 13.9. The van der Waals surface area contributed by atoms with Gasteiger partial charge >= 0.3 is 6.18 Å². The highest BCUT2D eigenvalue weighted by Gasteiger charge is 2.52. The monoisotopic (exact) mass is 563 g/mol. The van der Waals surface area contributed by atoms with Crippen LogP contribution in [0.15, 0.2) is 36.5 Å². The largest absolute Gasteiger partial charge is 0.481 e. The van der Waals surface area contributed by atoms with E-state index < -0.39 is 36.0 Å². The number of carbonyl (C=O) groups excluding carboxylic acids is 1. The minimum absolute atomic E-state index is 0.0475. The minimum Gasteiger partial charge on any atom is -0.481 e. The van der Waals surface area contributed by atoms with Gasteiger partial charge in [0.15, 0.2) is 5.78 Å². The molecule has 6 nitrogen and oxygen atoms in total. The lowest BCUT2D eigenvalue weighted by Gasteiger charge is -2.49. The smallest absolute Gasteiger partial charge is 0.404 e. The van der Waals surface area contributed by atoms with Crippen molar-refractivity contribution in [1.82, 2.24) is 19.7 Å². The van der Waals surface area contributed by atoms with Crippen molar-refractivity contribution in [2.45, 2.75) is 56.9 Å². The second-order valence-corrected chi connectivity index (χ2v) is 11.1. The number of likely N-dealkylation sites (tertiary alicyclic amines) is 2. The Morgan fingerprint density at radius 3 is 2.60 bits per heavy atom. The summed E-state index contributed by atoms with van der Waals surface area (Å²) in [5.74, 6) is -1.39. The van der Waals surface area contributed by atoms with E-state index in [0.29, 0.717) is 42.1 Å². The number of alkyl halides is 3. The Hall–Kier alpha value is -2.56. The molecule has 1 aromatic carbocycles. The van der Waals surface area contributed by atoms with Crippen molar-refractivity contribution in [3.05, 3.63) is 65.5 Å². The Morgan fingerprint density at radius 2 is 1.95 bits per heavy atom. The molecule has 1 aromatic heterocycles. The van der Waals surface area contributed by atoms with Gasteiger partial charge in [-0.1, -0.05) is 12.1 Å². The highest BCUT2D eigenvalue weighted by Crippen LogP contribution is 2.43. The summed E-state index contributed by atoms with van der Waals surface area (Å²) in [6.07, 6.45) is 0.503. The summed E-state index contributed by atoms with van der Waals surface area (Å²) in [7, 11) is 5.46. The molecular formula is C30H39F4N4O2. The van der Waals surface area contributed by atoms with Gasteiger partial charge in [0, 0.05) is 49.2 Å². The lowest BCUT2D eigenvalue weighted by Crippen LogP contribution is -2.60. The first kappa shape index (κ1) is 30.4. The van der Waals surface area contributed by atoms with Gasteiger partial charge in [-0.25, -0.2) is 9.37 Å². The van der Waals surface area contributed by atoms with E-state index in [1.165, 1.54) is 24.3 Å². The topological polar surface area (TPSA) is 48.9 Å². The fourth-order valence-electron chi connectivity index (χ4n) is 6.07. The molecule has 3 heterocycles. The number of benzene rings is 1. The molecule has 0 saturated carbocycles. The average Bonchev–Trinajstić information content (AvgIpc) is 3.43. The summed E-state index contributed by atoms with van der Waals surface area (Å²) in [4.78, 5) is 23.8. The van der Waals surface area contributed by atoms with Gasteiger partial charge in [0.25, 0.3) is 0 Å². The van der Waals surface area contributed by atoms with Crippen LogP contribution in [-0.2, 0) is 0 Å².